The Hall–Kier alpha value is -4.13. The van der Waals surface area contributed by atoms with Crippen LogP contribution in [0.4, 0.5) is 21.2 Å². The Morgan fingerprint density at radius 1 is 1.11 bits per heavy atom. The number of hydrogen-bond acceptors (Lipinski definition) is 7. The average molecular weight is 531 g/mol. The zero-order valence-electron chi connectivity index (χ0n) is 21.0. The highest BCUT2D eigenvalue weighted by Crippen LogP contribution is 2.27. The Kier molecular flexibility index (Phi) is 8.71. The summed E-state index contributed by atoms with van der Waals surface area (Å²) >= 11 is 0. The van der Waals surface area contributed by atoms with Crippen molar-refractivity contribution < 1.29 is 27.5 Å². The molecule has 3 N–H and O–H groups in total. The molecule has 2 aromatic carbocycles. The standard InChI is InChI=1S/C14H18N4O3.C10H12N2O3S/c1-3-4-9-15-13(19)18-11-8-6-5-7-10(11)16-12(18)17-14(20)21-2;1-7(2)12-10(13)8-5-3-4-6-9(8)11-16(12,14)15/h5-8H,3-4,9H2,1-2H3,(H,15,19)(H,16,17,20);3-7,11H,1-2H3. The molecule has 37 heavy (non-hydrogen) atoms. The van der Waals surface area contributed by atoms with Crippen molar-refractivity contribution in [3.8, 4) is 0 Å². The highest BCUT2D eigenvalue weighted by atomic mass is 32.2. The largest absolute Gasteiger partial charge is 0.453 e. The third-order valence-electron chi connectivity index (χ3n) is 5.29. The van der Waals surface area contributed by atoms with Crippen molar-refractivity contribution in [3.05, 3.63) is 54.1 Å². The normalized spacial score (nSPS) is 13.8. The summed E-state index contributed by atoms with van der Waals surface area (Å²) in [6.45, 7) is 5.93. The fourth-order valence-electron chi connectivity index (χ4n) is 3.60. The van der Waals surface area contributed by atoms with Gasteiger partial charge in [-0.2, -0.15) is 8.42 Å². The molecule has 0 atom stereocenters. The van der Waals surface area contributed by atoms with E-state index in [1.807, 2.05) is 19.1 Å². The van der Waals surface area contributed by atoms with Gasteiger partial charge in [0, 0.05) is 12.6 Å². The number of benzene rings is 2. The number of imidazole rings is 1. The first kappa shape index (κ1) is 27.5. The van der Waals surface area contributed by atoms with Crippen LogP contribution in [-0.4, -0.2) is 60.0 Å². The van der Waals surface area contributed by atoms with Gasteiger partial charge in [-0.05, 0) is 44.5 Å². The molecule has 0 saturated heterocycles. The van der Waals surface area contributed by atoms with Crippen LogP contribution in [0, 0.1) is 0 Å². The van der Waals surface area contributed by atoms with Crippen molar-refractivity contribution in [1.29, 1.82) is 0 Å². The second-order valence-corrected chi connectivity index (χ2v) is 9.86. The van der Waals surface area contributed by atoms with Crippen LogP contribution >= 0.6 is 0 Å². The van der Waals surface area contributed by atoms with Crippen molar-refractivity contribution in [2.24, 2.45) is 0 Å². The van der Waals surface area contributed by atoms with Crippen LogP contribution in [-0.2, 0) is 14.9 Å². The zero-order chi connectivity index (χ0) is 27.2. The minimum absolute atomic E-state index is 0.136. The van der Waals surface area contributed by atoms with Gasteiger partial charge < -0.3 is 10.1 Å². The third kappa shape index (κ3) is 6.17. The number of rotatable bonds is 5. The smallest absolute Gasteiger partial charge is 0.413 e. The van der Waals surface area contributed by atoms with Crippen molar-refractivity contribution in [3.63, 3.8) is 0 Å². The van der Waals surface area contributed by atoms with E-state index in [1.54, 1.807) is 50.2 Å². The Balaban J connectivity index is 0.000000213. The van der Waals surface area contributed by atoms with Gasteiger partial charge in [-0.3, -0.25) is 14.8 Å². The quantitative estimate of drug-likeness (QED) is 0.425. The number of carbonyl (C=O) groups excluding carboxylic acids is 3. The van der Waals surface area contributed by atoms with Gasteiger partial charge in [0.2, 0.25) is 5.95 Å². The molecule has 4 rings (SSSR count). The third-order valence-corrected chi connectivity index (χ3v) is 6.88. The molecule has 1 aliphatic rings. The Bertz CT molecular complexity index is 1400. The van der Waals surface area contributed by atoms with Crippen molar-refractivity contribution in [2.45, 2.75) is 39.7 Å². The van der Waals surface area contributed by atoms with Crippen LogP contribution in [0.15, 0.2) is 48.5 Å². The maximum atomic E-state index is 12.3. The van der Waals surface area contributed by atoms with E-state index >= 15 is 0 Å². The molecule has 3 amide bonds. The summed E-state index contributed by atoms with van der Waals surface area (Å²) in [5.74, 6) is -0.346. The minimum Gasteiger partial charge on any atom is -0.453 e. The zero-order valence-corrected chi connectivity index (χ0v) is 21.8. The van der Waals surface area contributed by atoms with Crippen molar-refractivity contribution in [2.75, 3.05) is 23.7 Å². The fraction of sp³-hybridized carbons (Fsp3) is 0.333. The van der Waals surface area contributed by atoms with E-state index in [2.05, 4.69) is 25.1 Å². The maximum Gasteiger partial charge on any atom is 0.413 e. The first-order valence-corrected chi connectivity index (χ1v) is 13.1. The lowest BCUT2D eigenvalue weighted by Crippen LogP contribution is -2.48. The van der Waals surface area contributed by atoms with Gasteiger partial charge in [-0.15, -0.1) is 0 Å². The number of unbranched alkanes of at least 4 members (excludes halogenated alkanes) is 1. The van der Waals surface area contributed by atoms with Crippen LogP contribution in [0.2, 0.25) is 0 Å². The van der Waals surface area contributed by atoms with Gasteiger partial charge in [0.1, 0.15) is 0 Å². The van der Waals surface area contributed by atoms with Crippen LogP contribution in [0.5, 0.6) is 0 Å². The molecule has 0 spiro atoms. The molecular formula is C24H30N6O6S. The number of nitrogens with zero attached hydrogens (tertiary/aromatic N) is 3. The number of para-hydroxylation sites is 3. The number of anilines is 2. The summed E-state index contributed by atoms with van der Waals surface area (Å²) < 4.78 is 32.7. The van der Waals surface area contributed by atoms with Crippen LogP contribution < -0.4 is 15.4 Å². The molecule has 0 fully saturated rings. The summed E-state index contributed by atoms with van der Waals surface area (Å²) in [4.78, 5) is 39.9. The number of hydrogen-bond donors (Lipinski definition) is 3. The molecule has 3 aromatic rings. The molecule has 0 aliphatic carbocycles. The summed E-state index contributed by atoms with van der Waals surface area (Å²) in [5.41, 5.74) is 1.96. The van der Waals surface area contributed by atoms with Gasteiger partial charge in [0.15, 0.2) is 0 Å². The van der Waals surface area contributed by atoms with Crippen LogP contribution in [0.25, 0.3) is 11.0 Å². The lowest BCUT2D eigenvalue weighted by Gasteiger charge is -2.31. The van der Waals surface area contributed by atoms with E-state index in [0.29, 0.717) is 28.8 Å². The van der Waals surface area contributed by atoms with Crippen LogP contribution in [0.1, 0.15) is 44.0 Å². The number of fused-ring (bicyclic) bond motifs is 2. The Morgan fingerprint density at radius 3 is 2.46 bits per heavy atom. The monoisotopic (exact) mass is 530 g/mol. The van der Waals surface area contributed by atoms with Gasteiger partial charge >= 0.3 is 22.3 Å². The summed E-state index contributed by atoms with van der Waals surface area (Å²) in [5, 5.41) is 5.25. The highest BCUT2D eigenvalue weighted by molar-refractivity contribution is 7.91. The van der Waals surface area contributed by atoms with Crippen LogP contribution in [0.3, 0.4) is 0 Å². The summed E-state index contributed by atoms with van der Waals surface area (Å²) in [7, 11) is -2.50. The van der Waals surface area contributed by atoms with Crippen molar-refractivity contribution in [1.82, 2.24) is 19.2 Å². The van der Waals surface area contributed by atoms with E-state index in [4.69, 9.17) is 0 Å². The highest BCUT2D eigenvalue weighted by Gasteiger charge is 2.36. The fourth-order valence-corrected chi connectivity index (χ4v) is 5.02. The molecule has 1 aromatic heterocycles. The number of methoxy groups -OCH3 is 1. The SMILES string of the molecule is CC(C)N1C(=O)c2ccccc2NS1(=O)=O.CCCCNC(=O)n1c(NC(=O)OC)nc2ccccc21. The number of ether oxygens (including phenoxy) is 1. The van der Waals surface area contributed by atoms with E-state index in [1.165, 1.54) is 11.7 Å². The molecular weight excluding hydrogens is 500 g/mol. The summed E-state index contributed by atoms with van der Waals surface area (Å²) in [6.07, 6.45) is 1.20. The van der Waals surface area contributed by atoms with E-state index in [-0.39, 0.29) is 12.0 Å². The molecule has 12 nitrogen and oxygen atoms in total. The number of amides is 3. The molecule has 198 valence electrons. The minimum atomic E-state index is -3.75. The van der Waals surface area contributed by atoms with E-state index in [9.17, 15) is 22.8 Å². The van der Waals surface area contributed by atoms with E-state index < -0.39 is 28.3 Å². The van der Waals surface area contributed by atoms with E-state index in [0.717, 1.165) is 17.1 Å². The molecule has 1 aliphatic heterocycles. The molecule has 0 unspecified atom stereocenters. The lowest BCUT2D eigenvalue weighted by atomic mass is 10.1. The second kappa shape index (κ2) is 11.7. The van der Waals surface area contributed by atoms with Gasteiger partial charge in [-0.1, -0.05) is 37.6 Å². The predicted molar refractivity (Wildman–Crippen MR) is 140 cm³/mol. The maximum absolute atomic E-state index is 12.3. The molecule has 0 bridgehead atoms. The van der Waals surface area contributed by atoms with Gasteiger partial charge in [0.05, 0.1) is 29.4 Å². The Labute approximate surface area is 215 Å². The van der Waals surface area contributed by atoms with Gasteiger partial charge in [0.25, 0.3) is 5.91 Å². The van der Waals surface area contributed by atoms with Crippen molar-refractivity contribution >= 4 is 50.9 Å². The lowest BCUT2D eigenvalue weighted by molar-refractivity contribution is 0.0834. The first-order valence-electron chi connectivity index (χ1n) is 11.7. The molecule has 13 heteroatoms. The number of nitrogens with one attached hydrogen (secondary N) is 3. The first-order chi connectivity index (χ1) is 17.6. The molecule has 0 saturated carbocycles. The average Bonchev–Trinajstić information content (AvgIpc) is 3.21. The summed E-state index contributed by atoms with van der Waals surface area (Å²) in [6, 6.07) is 13.0. The Morgan fingerprint density at radius 2 is 1.78 bits per heavy atom. The number of aromatic nitrogens is 2. The number of carbonyl (C=O) groups is 3. The topological polar surface area (TPSA) is 152 Å². The molecule has 2 heterocycles. The predicted octanol–water partition coefficient (Wildman–Crippen LogP) is 3.78. The van der Waals surface area contributed by atoms with Gasteiger partial charge in [-0.25, -0.2) is 23.4 Å². The second-order valence-electron chi connectivity index (χ2n) is 8.31. The molecule has 0 radical (unpaired) electrons.